The summed E-state index contributed by atoms with van der Waals surface area (Å²) in [5, 5.41) is 0.570. The normalized spacial score (nSPS) is 10.6. The summed E-state index contributed by atoms with van der Waals surface area (Å²) < 4.78 is 0. The van der Waals surface area contributed by atoms with Crippen molar-refractivity contribution in [2.24, 2.45) is 0 Å². The van der Waals surface area contributed by atoms with E-state index in [4.69, 9.17) is 0 Å². The second kappa shape index (κ2) is 5.00. The van der Waals surface area contributed by atoms with Crippen molar-refractivity contribution >= 4 is 16.8 Å². The number of nitrogens with zero attached hydrogens (tertiary/aromatic N) is 2. The van der Waals surface area contributed by atoms with Crippen LogP contribution in [0.25, 0.3) is 10.9 Å². The molecule has 2 rings (SSSR count). The molecular weight excluding hydrogens is 230 g/mol. The number of fused-ring (bicyclic) bond motifs is 1. The van der Waals surface area contributed by atoms with Crippen LogP contribution in [-0.2, 0) is 11.2 Å². The lowest BCUT2D eigenvalue weighted by molar-refractivity contribution is -0.128. The van der Waals surface area contributed by atoms with Gasteiger partial charge >= 0.3 is 0 Å². The largest absolute Gasteiger partial charge is 0.349 e. The van der Waals surface area contributed by atoms with E-state index in [-0.39, 0.29) is 11.5 Å². The summed E-state index contributed by atoms with van der Waals surface area (Å²) in [4.78, 5) is 31.8. The van der Waals surface area contributed by atoms with E-state index in [1.54, 1.807) is 32.3 Å². The number of amides is 1. The van der Waals surface area contributed by atoms with Gasteiger partial charge in [0.2, 0.25) is 5.91 Å². The molecule has 1 N–H and O–H groups in total. The highest BCUT2D eigenvalue weighted by molar-refractivity contribution is 5.77. The van der Waals surface area contributed by atoms with Crippen molar-refractivity contribution in [2.75, 3.05) is 14.1 Å². The molecule has 0 unspecified atom stereocenters. The highest BCUT2D eigenvalue weighted by Crippen LogP contribution is 2.06. The molecule has 0 aliphatic rings. The topological polar surface area (TPSA) is 66.1 Å². The van der Waals surface area contributed by atoms with Gasteiger partial charge in [0, 0.05) is 26.9 Å². The van der Waals surface area contributed by atoms with Crippen LogP contribution in [0.1, 0.15) is 12.2 Å². The number of rotatable bonds is 3. The number of carbonyl (C=O) groups is 1. The Morgan fingerprint density at radius 1 is 1.33 bits per heavy atom. The summed E-state index contributed by atoms with van der Waals surface area (Å²) in [5.41, 5.74) is 0.501. The third-order valence-electron chi connectivity index (χ3n) is 2.74. The van der Waals surface area contributed by atoms with Crippen molar-refractivity contribution < 1.29 is 4.79 Å². The number of nitrogens with one attached hydrogen (secondary N) is 1. The third kappa shape index (κ3) is 2.56. The lowest BCUT2D eigenvalue weighted by atomic mass is 10.2. The van der Waals surface area contributed by atoms with Gasteiger partial charge in [-0.2, -0.15) is 0 Å². The Bertz CT molecular complexity index is 631. The van der Waals surface area contributed by atoms with Crippen molar-refractivity contribution in [2.45, 2.75) is 12.8 Å². The molecule has 0 fully saturated rings. The van der Waals surface area contributed by atoms with Crippen LogP contribution >= 0.6 is 0 Å². The smallest absolute Gasteiger partial charge is 0.258 e. The second-order valence-corrected chi connectivity index (χ2v) is 4.32. The number of hydrogen-bond donors (Lipinski definition) is 1. The fourth-order valence-electron chi connectivity index (χ4n) is 1.70. The van der Waals surface area contributed by atoms with Crippen molar-refractivity contribution in [3.05, 3.63) is 40.4 Å². The summed E-state index contributed by atoms with van der Waals surface area (Å²) in [6, 6.07) is 7.16. The number of aromatic amines is 1. The molecular formula is C13H15N3O2. The molecule has 5 heteroatoms. The molecule has 0 atom stereocenters. The van der Waals surface area contributed by atoms with E-state index in [0.29, 0.717) is 29.6 Å². The van der Waals surface area contributed by atoms with Crippen LogP contribution in [0.3, 0.4) is 0 Å². The van der Waals surface area contributed by atoms with Gasteiger partial charge in [-0.1, -0.05) is 12.1 Å². The fraction of sp³-hybridized carbons (Fsp3) is 0.308. The van der Waals surface area contributed by atoms with E-state index in [1.807, 2.05) is 6.07 Å². The van der Waals surface area contributed by atoms with E-state index in [1.165, 1.54) is 4.90 Å². The lowest BCUT2D eigenvalue weighted by Gasteiger charge is -2.09. The van der Waals surface area contributed by atoms with Crippen LogP contribution in [0.2, 0.25) is 0 Å². The standard InChI is InChI=1S/C13H15N3O2/c1-16(2)12(17)8-7-11-14-10-6-4-3-5-9(10)13(18)15-11/h3-6H,7-8H2,1-2H3,(H,14,15,18). The van der Waals surface area contributed by atoms with Gasteiger partial charge < -0.3 is 9.88 Å². The Kier molecular flexibility index (Phi) is 3.41. The molecule has 0 saturated heterocycles. The molecule has 0 saturated carbocycles. The molecule has 18 heavy (non-hydrogen) atoms. The average molecular weight is 245 g/mol. The maximum Gasteiger partial charge on any atom is 0.258 e. The highest BCUT2D eigenvalue weighted by atomic mass is 16.2. The second-order valence-electron chi connectivity index (χ2n) is 4.32. The van der Waals surface area contributed by atoms with Crippen molar-refractivity contribution in [1.29, 1.82) is 0 Å². The first-order chi connectivity index (χ1) is 8.58. The molecule has 0 aliphatic heterocycles. The quantitative estimate of drug-likeness (QED) is 0.875. The summed E-state index contributed by atoms with van der Waals surface area (Å²) in [5.74, 6) is 0.569. The first-order valence-corrected chi connectivity index (χ1v) is 5.76. The number of H-pyrrole nitrogens is 1. The van der Waals surface area contributed by atoms with Gasteiger partial charge in [0.15, 0.2) is 0 Å². The number of aryl methyl sites for hydroxylation is 1. The molecule has 2 aromatic rings. The average Bonchev–Trinajstić information content (AvgIpc) is 2.36. The van der Waals surface area contributed by atoms with Crippen LogP contribution in [0, 0.1) is 0 Å². The minimum Gasteiger partial charge on any atom is -0.349 e. The molecule has 0 aliphatic carbocycles. The molecule has 0 spiro atoms. The molecule has 0 radical (unpaired) electrons. The van der Waals surface area contributed by atoms with E-state index in [2.05, 4.69) is 9.97 Å². The Hall–Kier alpha value is -2.17. The number of hydrogen-bond acceptors (Lipinski definition) is 3. The molecule has 5 nitrogen and oxygen atoms in total. The van der Waals surface area contributed by atoms with Gasteiger partial charge in [-0.15, -0.1) is 0 Å². The molecule has 1 aromatic heterocycles. The minimum atomic E-state index is -0.159. The summed E-state index contributed by atoms with van der Waals surface area (Å²) in [6.45, 7) is 0. The maximum atomic E-state index is 11.8. The molecule has 1 amide bonds. The Morgan fingerprint density at radius 3 is 2.78 bits per heavy atom. The zero-order valence-electron chi connectivity index (χ0n) is 10.4. The van der Waals surface area contributed by atoms with Crippen LogP contribution in [-0.4, -0.2) is 34.9 Å². The van der Waals surface area contributed by atoms with Gasteiger partial charge in [0.05, 0.1) is 10.9 Å². The number of carbonyl (C=O) groups excluding carboxylic acids is 1. The summed E-state index contributed by atoms with van der Waals surface area (Å²) in [6.07, 6.45) is 0.783. The molecule has 0 bridgehead atoms. The number of benzene rings is 1. The van der Waals surface area contributed by atoms with Crippen LogP contribution in [0.5, 0.6) is 0 Å². The van der Waals surface area contributed by atoms with E-state index in [0.717, 1.165) is 0 Å². The summed E-state index contributed by atoms with van der Waals surface area (Å²) in [7, 11) is 3.41. The SMILES string of the molecule is CN(C)C(=O)CCc1nc2ccccc2c(=O)[nH]1. The van der Waals surface area contributed by atoms with Crippen LogP contribution < -0.4 is 5.56 Å². The van der Waals surface area contributed by atoms with E-state index >= 15 is 0 Å². The van der Waals surface area contributed by atoms with Crippen LogP contribution in [0.15, 0.2) is 29.1 Å². The Morgan fingerprint density at radius 2 is 2.06 bits per heavy atom. The molecule has 1 heterocycles. The Labute approximate surface area is 104 Å². The van der Waals surface area contributed by atoms with Crippen molar-refractivity contribution in [3.63, 3.8) is 0 Å². The Balaban J connectivity index is 2.25. The predicted octanol–water partition coefficient (Wildman–Crippen LogP) is 0.944. The molecule has 94 valence electrons. The fourth-order valence-corrected chi connectivity index (χ4v) is 1.70. The lowest BCUT2D eigenvalue weighted by Crippen LogP contribution is -2.22. The van der Waals surface area contributed by atoms with E-state index in [9.17, 15) is 9.59 Å². The monoisotopic (exact) mass is 245 g/mol. The van der Waals surface area contributed by atoms with Crippen molar-refractivity contribution in [3.8, 4) is 0 Å². The van der Waals surface area contributed by atoms with E-state index < -0.39 is 0 Å². The van der Waals surface area contributed by atoms with Gasteiger partial charge in [0.25, 0.3) is 5.56 Å². The van der Waals surface area contributed by atoms with Crippen molar-refractivity contribution in [1.82, 2.24) is 14.9 Å². The first-order valence-electron chi connectivity index (χ1n) is 5.76. The van der Waals surface area contributed by atoms with Gasteiger partial charge in [-0.05, 0) is 12.1 Å². The summed E-state index contributed by atoms with van der Waals surface area (Å²) >= 11 is 0. The zero-order valence-corrected chi connectivity index (χ0v) is 10.4. The third-order valence-corrected chi connectivity index (χ3v) is 2.74. The number of aromatic nitrogens is 2. The maximum absolute atomic E-state index is 11.8. The van der Waals surface area contributed by atoms with Gasteiger partial charge in [0.1, 0.15) is 5.82 Å². The first kappa shape index (κ1) is 12.3. The predicted molar refractivity (Wildman–Crippen MR) is 69.4 cm³/mol. The number of para-hydroxylation sites is 1. The minimum absolute atomic E-state index is 0.0193. The highest BCUT2D eigenvalue weighted by Gasteiger charge is 2.07. The molecule has 1 aromatic carbocycles. The van der Waals surface area contributed by atoms with Crippen LogP contribution in [0.4, 0.5) is 0 Å². The van der Waals surface area contributed by atoms with Gasteiger partial charge in [-0.25, -0.2) is 4.98 Å². The zero-order chi connectivity index (χ0) is 13.1. The van der Waals surface area contributed by atoms with Gasteiger partial charge in [-0.3, -0.25) is 9.59 Å².